The molecular weight excluding hydrogens is 370 g/mol. The molecule has 0 unspecified atom stereocenters. The number of nitrogens with zero attached hydrogens (tertiary/aromatic N) is 1. The summed E-state index contributed by atoms with van der Waals surface area (Å²) < 4.78 is 0. The van der Waals surface area contributed by atoms with Crippen molar-refractivity contribution >= 4 is 11.5 Å². The molecular formula is C27H41NO2. The second-order valence-electron chi connectivity index (χ2n) is 12.1. The fraction of sp³-hybridized carbons (Fsp3) is 0.852. The number of fused-ring (bicyclic) bond motifs is 5. The van der Waals surface area contributed by atoms with Crippen LogP contribution in [0.15, 0.2) is 16.6 Å². The molecule has 0 saturated heterocycles. The second kappa shape index (κ2) is 7.29. The van der Waals surface area contributed by atoms with Gasteiger partial charge >= 0.3 is 0 Å². The molecule has 0 spiro atoms. The van der Waals surface area contributed by atoms with E-state index in [0.717, 1.165) is 55.7 Å². The standard InChI is InChI=1S/C27H41NO2/c1-16-13-24(28-15-16)25(30)17(2)21-7-8-22-20-6-5-18-14-19(29)9-11-26(18,3)23(20)10-12-27(21,22)4/h5,16-17,19-23,29H,6-15H2,1-4H3/t16-,17-,19+,20-,21-,22-,23-,26+,27-/m1/s1. The lowest BCUT2D eigenvalue weighted by Crippen LogP contribution is -2.51. The molecule has 4 aliphatic carbocycles. The number of hydrogen-bond acceptors (Lipinski definition) is 3. The summed E-state index contributed by atoms with van der Waals surface area (Å²) in [6, 6.07) is 0. The van der Waals surface area contributed by atoms with Crippen LogP contribution >= 0.6 is 0 Å². The summed E-state index contributed by atoms with van der Waals surface area (Å²) in [5, 5.41) is 10.2. The topological polar surface area (TPSA) is 49.7 Å². The SMILES string of the molecule is C[C@H]1CN=C(C(=O)[C@H](C)[C@H]2CC[C@@H]3[C@H]4CC=C5C[C@@H](O)CC[C@]5(C)[C@@H]4CC[C@@]32C)C1. The van der Waals surface area contributed by atoms with E-state index in [1.165, 1.54) is 32.1 Å². The van der Waals surface area contributed by atoms with Gasteiger partial charge in [-0.05, 0) is 98.2 Å². The first-order chi connectivity index (χ1) is 14.2. The van der Waals surface area contributed by atoms with Crippen molar-refractivity contribution in [1.29, 1.82) is 0 Å². The van der Waals surface area contributed by atoms with Crippen LogP contribution in [0.3, 0.4) is 0 Å². The predicted molar refractivity (Wildman–Crippen MR) is 121 cm³/mol. The van der Waals surface area contributed by atoms with Crippen molar-refractivity contribution in [2.24, 2.45) is 51.3 Å². The number of aliphatic hydroxyl groups is 1. The molecule has 0 aromatic carbocycles. The third-order valence-electron chi connectivity index (χ3n) is 10.6. The van der Waals surface area contributed by atoms with E-state index < -0.39 is 0 Å². The minimum atomic E-state index is -0.126. The van der Waals surface area contributed by atoms with Crippen molar-refractivity contribution < 1.29 is 9.90 Å². The van der Waals surface area contributed by atoms with Gasteiger partial charge in [0.1, 0.15) is 0 Å². The van der Waals surface area contributed by atoms with Gasteiger partial charge in [0.05, 0.1) is 11.8 Å². The zero-order valence-electron chi connectivity index (χ0n) is 19.5. The lowest BCUT2D eigenvalue weighted by molar-refractivity contribution is -0.120. The number of carbonyl (C=O) groups excluding carboxylic acids is 1. The zero-order valence-corrected chi connectivity index (χ0v) is 19.5. The van der Waals surface area contributed by atoms with Crippen molar-refractivity contribution in [3.8, 4) is 0 Å². The van der Waals surface area contributed by atoms with Crippen molar-refractivity contribution in [3.05, 3.63) is 11.6 Å². The molecule has 5 rings (SSSR count). The molecule has 0 aromatic rings. The first-order valence-electron chi connectivity index (χ1n) is 12.7. The Hall–Kier alpha value is -0.960. The van der Waals surface area contributed by atoms with Crippen LogP contribution in [0.1, 0.15) is 85.5 Å². The normalized spacial score (nSPS) is 48.8. The van der Waals surface area contributed by atoms with Gasteiger partial charge < -0.3 is 5.11 Å². The number of aliphatic imine (C=N–C) groups is 1. The summed E-state index contributed by atoms with van der Waals surface area (Å²) in [6.07, 6.45) is 12.6. The molecule has 30 heavy (non-hydrogen) atoms. The number of allylic oxidation sites excluding steroid dienone is 1. The van der Waals surface area contributed by atoms with E-state index in [2.05, 4.69) is 38.8 Å². The van der Waals surface area contributed by atoms with Gasteiger partial charge in [0.2, 0.25) is 0 Å². The Morgan fingerprint density at radius 2 is 1.93 bits per heavy atom. The Morgan fingerprint density at radius 3 is 2.67 bits per heavy atom. The van der Waals surface area contributed by atoms with Gasteiger partial charge in [-0.15, -0.1) is 0 Å². The maximum absolute atomic E-state index is 13.3. The first kappa shape index (κ1) is 20.9. The number of rotatable bonds is 3. The molecule has 5 aliphatic rings. The lowest BCUT2D eigenvalue weighted by Gasteiger charge is -2.58. The summed E-state index contributed by atoms with van der Waals surface area (Å²) >= 11 is 0. The lowest BCUT2D eigenvalue weighted by atomic mass is 9.47. The maximum Gasteiger partial charge on any atom is 0.179 e. The third kappa shape index (κ3) is 3.01. The van der Waals surface area contributed by atoms with E-state index in [-0.39, 0.29) is 12.0 Å². The van der Waals surface area contributed by atoms with Crippen molar-refractivity contribution in [1.82, 2.24) is 0 Å². The monoisotopic (exact) mass is 411 g/mol. The molecule has 1 heterocycles. The highest BCUT2D eigenvalue weighted by Crippen LogP contribution is 2.67. The van der Waals surface area contributed by atoms with Crippen molar-refractivity contribution in [3.63, 3.8) is 0 Å². The Labute approximate surface area is 182 Å². The molecule has 0 amide bonds. The van der Waals surface area contributed by atoms with Gasteiger partial charge in [-0.2, -0.15) is 0 Å². The highest BCUT2D eigenvalue weighted by Gasteiger charge is 2.59. The molecule has 0 aromatic heterocycles. The van der Waals surface area contributed by atoms with Crippen LogP contribution in [0.5, 0.6) is 0 Å². The van der Waals surface area contributed by atoms with Crippen LogP contribution in [-0.4, -0.2) is 29.3 Å². The van der Waals surface area contributed by atoms with Crippen LogP contribution in [0.2, 0.25) is 0 Å². The van der Waals surface area contributed by atoms with E-state index in [1.54, 1.807) is 5.57 Å². The molecule has 3 fully saturated rings. The van der Waals surface area contributed by atoms with Crippen LogP contribution in [0, 0.1) is 46.3 Å². The third-order valence-corrected chi connectivity index (χ3v) is 10.6. The number of hydrogen-bond donors (Lipinski definition) is 1. The molecule has 166 valence electrons. The van der Waals surface area contributed by atoms with E-state index in [4.69, 9.17) is 0 Å². The van der Waals surface area contributed by atoms with E-state index in [1.807, 2.05) is 0 Å². The minimum Gasteiger partial charge on any atom is -0.393 e. The molecule has 0 bridgehead atoms. The summed E-state index contributed by atoms with van der Waals surface area (Å²) in [4.78, 5) is 17.9. The van der Waals surface area contributed by atoms with Gasteiger partial charge in [-0.3, -0.25) is 9.79 Å². The summed E-state index contributed by atoms with van der Waals surface area (Å²) in [5.74, 6) is 3.82. The van der Waals surface area contributed by atoms with E-state index >= 15 is 0 Å². The predicted octanol–water partition coefficient (Wildman–Crippen LogP) is 5.61. The van der Waals surface area contributed by atoms with Gasteiger partial charge in [-0.25, -0.2) is 0 Å². The number of Topliss-reactive ketones (excluding diaryl/α,β-unsaturated/α-hetero) is 1. The zero-order chi connectivity index (χ0) is 21.3. The summed E-state index contributed by atoms with van der Waals surface area (Å²) in [5.41, 5.74) is 3.04. The molecule has 3 saturated carbocycles. The van der Waals surface area contributed by atoms with E-state index in [0.29, 0.717) is 28.4 Å². The maximum atomic E-state index is 13.3. The van der Waals surface area contributed by atoms with Crippen LogP contribution in [0.25, 0.3) is 0 Å². The van der Waals surface area contributed by atoms with Crippen LogP contribution in [0.4, 0.5) is 0 Å². The van der Waals surface area contributed by atoms with Crippen molar-refractivity contribution in [2.45, 2.75) is 91.6 Å². The van der Waals surface area contributed by atoms with Gasteiger partial charge in [-0.1, -0.05) is 39.3 Å². The average Bonchev–Trinajstić information content (AvgIpc) is 3.30. The Bertz CT molecular complexity index is 784. The van der Waals surface area contributed by atoms with E-state index in [9.17, 15) is 9.90 Å². The molecule has 0 radical (unpaired) electrons. The van der Waals surface area contributed by atoms with Gasteiger partial charge in [0, 0.05) is 12.5 Å². The Morgan fingerprint density at radius 1 is 1.13 bits per heavy atom. The Kier molecular flexibility index (Phi) is 5.08. The molecule has 1 N–H and O–H groups in total. The number of aliphatic hydroxyl groups excluding tert-OH is 1. The first-order valence-corrected chi connectivity index (χ1v) is 12.7. The van der Waals surface area contributed by atoms with Crippen molar-refractivity contribution in [2.75, 3.05) is 6.54 Å². The highest BCUT2D eigenvalue weighted by atomic mass is 16.3. The fourth-order valence-corrected chi connectivity index (χ4v) is 8.85. The second-order valence-corrected chi connectivity index (χ2v) is 12.1. The van der Waals surface area contributed by atoms with Crippen LogP contribution in [-0.2, 0) is 4.79 Å². The Balaban J connectivity index is 1.37. The highest BCUT2D eigenvalue weighted by molar-refractivity contribution is 6.41. The average molecular weight is 412 g/mol. The number of ketones is 1. The largest absolute Gasteiger partial charge is 0.393 e. The fourth-order valence-electron chi connectivity index (χ4n) is 8.85. The molecule has 3 heteroatoms. The smallest absolute Gasteiger partial charge is 0.179 e. The van der Waals surface area contributed by atoms with Gasteiger partial charge in [0.25, 0.3) is 0 Å². The quantitative estimate of drug-likeness (QED) is 0.613. The minimum absolute atomic E-state index is 0.121. The molecule has 1 aliphatic heterocycles. The molecule has 9 atom stereocenters. The van der Waals surface area contributed by atoms with Crippen LogP contribution < -0.4 is 0 Å². The van der Waals surface area contributed by atoms with Gasteiger partial charge in [0.15, 0.2) is 5.78 Å². The molecule has 3 nitrogen and oxygen atoms in total. The summed E-state index contributed by atoms with van der Waals surface area (Å²) in [6.45, 7) is 10.3. The summed E-state index contributed by atoms with van der Waals surface area (Å²) in [7, 11) is 0. The number of carbonyl (C=O) groups is 1.